The van der Waals surface area contributed by atoms with Crippen molar-refractivity contribution < 1.29 is 18.9 Å². The van der Waals surface area contributed by atoms with Crippen molar-refractivity contribution >= 4 is 22.6 Å². The molecule has 1 N–H and O–H groups in total. The molecule has 1 aliphatic heterocycles. The molecule has 0 aromatic carbocycles. The monoisotopic (exact) mass is 186 g/mol. The molecular formula is C7H6O4S. The molecule has 1 aliphatic rings. The lowest BCUT2D eigenvalue weighted by Crippen LogP contribution is -2.13. The fourth-order valence-electron chi connectivity index (χ4n) is 0.736. The molecule has 0 aromatic heterocycles. The summed E-state index contributed by atoms with van der Waals surface area (Å²) in [6.45, 7) is 0. The molecule has 4 nitrogen and oxygen atoms in total. The van der Waals surface area contributed by atoms with E-state index in [0.717, 1.165) is 0 Å². The van der Waals surface area contributed by atoms with Gasteiger partial charge >= 0.3 is 5.97 Å². The third-order valence-electron chi connectivity index (χ3n) is 1.32. The van der Waals surface area contributed by atoms with Gasteiger partial charge in [-0.3, -0.25) is 9.00 Å². The molecule has 1 rings (SSSR count). The molecule has 0 amide bonds. The number of ketones is 1. The summed E-state index contributed by atoms with van der Waals surface area (Å²) in [4.78, 5) is 21.1. The Kier molecular flexibility index (Phi) is 2.54. The largest absolute Gasteiger partial charge is 0.475 e. The summed E-state index contributed by atoms with van der Waals surface area (Å²) in [6.07, 6.45) is 2.77. The first-order chi connectivity index (χ1) is 5.61. The van der Waals surface area contributed by atoms with Crippen molar-refractivity contribution in [1.29, 1.82) is 0 Å². The number of carbonyl (C=O) groups is 2. The average Bonchev–Trinajstić information content (AvgIpc) is 2.36. The van der Waals surface area contributed by atoms with Gasteiger partial charge in [-0.2, -0.15) is 0 Å². The van der Waals surface area contributed by atoms with Gasteiger partial charge < -0.3 is 5.11 Å². The van der Waals surface area contributed by atoms with Gasteiger partial charge in [-0.25, -0.2) is 4.79 Å². The Bertz CT molecular complexity index is 313. The Labute approximate surface area is 71.0 Å². The van der Waals surface area contributed by atoms with E-state index in [2.05, 4.69) is 0 Å². The molecule has 0 saturated heterocycles. The second kappa shape index (κ2) is 3.44. The zero-order chi connectivity index (χ0) is 9.14. The van der Waals surface area contributed by atoms with Crippen molar-refractivity contribution in [3.8, 4) is 0 Å². The lowest BCUT2D eigenvalue weighted by molar-refractivity contribution is -0.148. The molecule has 1 atom stereocenters. The van der Waals surface area contributed by atoms with Crippen molar-refractivity contribution in [2.45, 2.75) is 6.42 Å². The second-order valence-electron chi connectivity index (χ2n) is 2.16. The van der Waals surface area contributed by atoms with Gasteiger partial charge in [0, 0.05) is 10.3 Å². The summed E-state index contributed by atoms with van der Waals surface area (Å²) in [5, 5.41) is 9.64. The van der Waals surface area contributed by atoms with Gasteiger partial charge in [0.15, 0.2) is 0 Å². The second-order valence-corrected chi connectivity index (χ2v) is 3.56. The van der Waals surface area contributed by atoms with E-state index in [1.807, 2.05) is 0 Å². The highest BCUT2D eigenvalue weighted by Gasteiger charge is 2.17. The smallest absolute Gasteiger partial charge is 0.372 e. The van der Waals surface area contributed by atoms with Crippen LogP contribution in [0.2, 0.25) is 0 Å². The summed E-state index contributed by atoms with van der Waals surface area (Å²) in [6, 6.07) is 0. The third kappa shape index (κ3) is 1.88. The molecule has 0 fully saturated rings. The molecule has 0 spiro atoms. The lowest BCUT2D eigenvalue weighted by Gasteiger charge is -1.95. The van der Waals surface area contributed by atoms with Crippen molar-refractivity contribution in [2.24, 2.45) is 0 Å². The maximum atomic E-state index is 10.9. The Morgan fingerprint density at radius 1 is 1.50 bits per heavy atom. The highest BCUT2D eigenvalue weighted by Crippen LogP contribution is 2.15. The molecule has 1 unspecified atom stereocenters. The highest BCUT2D eigenvalue weighted by molar-refractivity contribution is 7.92. The minimum atomic E-state index is -1.49. The summed E-state index contributed by atoms with van der Waals surface area (Å²) in [7, 11) is -1.30. The minimum absolute atomic E-state index is 0.269. The van der Waals surface area contributed by atoms with Gasteiger partial charge in [0.1, 0.15) is 0 Å². The molecule has 0 aliphatic carbocycles. The average molecular weight is 186 g/mol. The highest BCUT2D eigenvalue weighted by atomic mass is 32.2. The number of carboxylic acids is 1. The van der Waals surface area contributed by atoms with Crippen LogP contribution in [0.15, 0.2) is 22.5 Å². The van der Waals surface area contributed by atoms with Crippen molar-refractivity contribution in [3.63, 3.8) is 0 Å². The van der Waals surface area contributed by atoms with Gasteiger partial charge in [0.05, 0.1) is 17.2 Å². The van der Waals surface area contributed by atoms with E-state index in [0.29, 0.717) is 4.91 Å². The Morgan fingerprint density at radius 3 is 2.58 bits per heavy atom. The van der Waals surface area contributed by atoms with E-state index in [-0.39, 0.29) is 6.42 Å². The topological polar surface area (TPSA) is 71.4 Å². The zero-order valence-corrected chi connectivity index (χ0v) is 6.84. The first-order valence-corrected chi connectivity index (χ1v) is 4.36. The predicted octanol–water partition coefficient (Wildman–Crippen LogP) is 0.190. The summed E-state index contributed by atoms with van der Waals surface area (Å²) >= 11 is 0. The van der Waals surface area contributed by atoms with Crippen LogP contribution in [0.3, 0.4) is 0 Å². The number of hydrogen-bond donors (Lipinski definition) is 1. The fraction of sp³-hybridized carbons (Fsp3) is 0.143. The van der Waals surface area contributed by atoms with E-state index >= 15 is 0 Å². The Hall–Kier alpha value is -1.23. The maximum Gasteiger partial charge on any atom is 0.372 e. The van der Waals surface area contributed by atoms with Gasteiger partial charge in [0.25, 0.3) is 0 Å². The van der Waals surface area contributed by atoms with Crippen molar-refractivity contribution in [3.05, 3.63) is 22.5 Å². The Morgan fingerprint density at radius 2 is 2.17 bits per heavy atom. The SMILES string of the molecule is O=C(O)C(=O)CC1=CC=CS1=O. The van der Waals surface area contributed by atoms with E-state index in [9.17, 15) is 13.8 Å². The molecule has 64 valence electrons. The Balaban J connectivity index is 2.60. The van der Waals surface area contributed by atoms with Crippen LogP contribution in [-0.2, 0) is 20.4 Å². The molecule has 12 heavy (non-hydrogen) atoms. The van der Waals surface area contributed by atoms with Crippen LogP contribution in [0, 0.1) is 0 Å². The number of rotatable bonds is 3. The first-order valence-electron chi connectivity index (χ1n) is 3.15. The fourth-order valence-corrected chi connectivity index (χ4v) is 1.62. The van der Waals surface area contributed by atoms with Crippen LogP contribution < -0.4 is 0 Å². The quantitative estimate of drug-likeness (QED) is 0.638. The summed E-state index contributed by atoms with van der Waals surface area (Å²) in [5.74, 6) is -2.42. The summed E-state index contributed by atoms with van der Waals surface area (Å²) in [5.41, 5.74) is 0. The molecule has 0 aromatic rings. The van der Waals surface area contributed by atoms with Gasteiger partial charge in [-0.05, 0) is 6.08 Å². The van der Waals surface area contributed by atoms with Crippen LogP contribution in [-0.4, -0.2) is 21.1 Å². The molecule has 0 radical (unpaired) electrons. The number of aliphatic carboxylic acids is 1. The summed E-state index contributed by atoms with van der Waals surface area (Å²) < 4.78 is 10.9. The molecular weight excluding hydrogens is 180 g/mol. The molecule has 1 heterocycles. The molecule has 5 heteroatoms. The van der Waals surface area contributed by atoms with Crippen molar-refractivity contribution in [2.75, 3.05) is 0 Å². The van der Waals surface area contributed by atoms with Crippen LogP contribution >= 0.6 is 0 Å². The first kappa shape index (κ1) is 8.86. The number of carbonyl (C=O) groups excluding carboxylic acids is 1. The van der Waals surface area contributed by atoms with E-state index in [1.54, 1.807) is 6.08 Å². The van der Waals surface area contributed by atoms with Gasteiger partial charge in [-0.15, -0.1) is 0 Å². The van der Waals surface area contributed by atoms with Crippen LogP contribution in [0.4, 0.5) is 0 Å². The lowest BCUT2D eigenvalue weighted by atomic mass is 10.2. The minimum Gasteiger partial charge on any atom is -0.475 e. The van der Waals surface area contributed by atoms with E-state index in [4.69, 9.17) is 5.11 Å². The van der Waals surface area contributed by atoms with Crippen LogP contribution in [0.1, 0.15) is 6.42 Å². The normalized spacial score (nSPS) is 20.7. The van der Waals surface area contributed by atoms with E-state index < -0.39 is 22.6 Å². The molecule has 0 saturated carbocycles. The van der Waals surface area contributed by atoms with Gasteiger partial charge in [0.2, 0.25) is 5.78 Å². The zero-order valence-electron chi connectivity index (χ0n) is 6.02. The standard InChI is InChI=1S/C7H6O4S/c8-6(7(9)10)4-5-2-1-3-12(5)11/h1-3H,4H2,(H,9,10). The van der Waals surface area contributed by atoms with Crippen LogP contribution in [0.25, 0.3) is 0 Å². The third-order valence-corrected chi connectivity index (χ3v) is 2.52. The number of allylic oxidation sites excluding steroid dienone is 3. The van der Waals surface area contributed by atoms with Crippen LogP contribution in [0.5, 0.6) is 0 Å². The molecule has 0 bridgehead atoms. The maximum absolute atomic E-state index is 10.9. The van der Waals surface area contributed by atoms with E-state index in [1.165, 1.54) is 11.5 Å². The predicted molar refractivity (Wildman–Crippen MR) is 42.6 cm³/mol. The number of hydrogen-bond acceptors (Lipinski definition) is 3. The van der Waals surface area contributed by atoms with Gasteiger partial charge in [-0.1, -0.05) is 6.08 Å². The van der Waals surface area contributed by atoms with Crippen molar-refractivity contribution in [1.82, 2.24) is 0 Å². The number of Topliss-reactive ketones (excluding diaryl/α,β-unsaturated/α-hetero) is 1. The number of carboxylic acid groups (broad SMARTS) is 1.